The van der Waals surface area contributed by atoms with Crippen LogP contribution in [0.5, 0.6) is 0 Å². The molecule has 1 heterocycles. The molecule has 0 bridgehead atoms. The van der Waals surface area contributed by atoms with E-state index in [0.29, 0.717) is 32.4 Å². The summed E-state index contributed by atoms with van der Waals surface area (Å²) in [5, 5.41) is 11.7. The highest BCUT2D eigenvalue weighted by Crippen LogP contribution is 2.32. The average Bonchev–Trinajstić information content (AvgIpc) is 2.28. The third kappa shape index (κ3) is 3.10. The number of nitrogens with zero attached hydrogens (tertiary/aromatic N) is 2. The second kappa shape index (κ2) is 5.22. The summed E-state index contributed by atoms with van der Waals surface area (Å²) in [5.74, 6) is 0.373. The molecule has 7 heteroatoms. The SMILES string of the molecule is CCCS(=O)(=O)N1CCC(C)(C(N)=NO)CC1. The Kier molecular flexibility index (Phi) is 4.37. The van der Waals surface area contributed by atoms with E-state index in [0.717, 1.165) is 0 Å². The first-order valence-corrected chi connectivity index (χ1v) is 7.42. The molecule has 0 atom stereocenters. The van der Waals surface area contributed by atoms with Crippen LogP contribution >= 0.6 is 0 Å². The van der Waals surface area contributed by atoms with Crippen molar-refractivity contribution >= 4 is 15.9 Å². The quantitative estimate of drug-likeness (QED) is 0.335. The van der Waals surface area contributed by atoms with Crippen molar-refractivity contribution in [3.63, 3.8) is 0 Å². The lowest BCUT2D eigenvalue weighted by Gasteiger charge is -2.37. The molecule has 1 fully saturated rings. The minimum absolute atomic E-state index is 0.185. The van der Waals surface area contributed by atoms with Gasteiger partial charge < -0.3 is 10.9 Å². The zero-order chi connectivity index (χ0) is 13.1. The Balaban J connectivity index is 2.69. The first kappa shape index (κ1) is 14.2. The maximum atomic E-state index is 11.9. The lowest BCUT2D eigenvalue weighted by molar-refractivity contribution is 0.230. The lowest BCUT2D eigenvalue weighted by atomic mass is 9.80. The minimum atomic E-state index is -3.13. The molecule has 17 heavy (non-hydrogen) atoms. The van der Waals surface area contributed by atoms with Crippen molar-refractivity contribution in [2.75, 3.05) is 18.8 Å². The molecule has 0 amide bonds. The van der Waals surface area contributed by atoms with Crippen molar-refractivity contribution in [3.8, 4) is 0 Å². The van der Waals surface area contributed by atoms with E-state index in [9.17, 15) is 8.42 Å². The van der Waals surface area contributed by atoms with Gasteiger partial charge >= 0.3 is 0 Å². The van der Waals surface area contributed by atoms with Gasteiger partial charge in [-0.15, -0.1) is 0 Å². The third-order valence-electron chi connectivity index (χ3n) is 3.41. The fourth-order valence-corrected chi connectivity index (χ4v) is 3.53. The molecule has 0 radical (unpaired) electrons. The monoisotopic (exact) mass is 263 g/mol. The zero-order valence-corrected chi connectivity index (χ0v) is 11.2. The Morgan fingerprint density at radius 3 is 2.41 bits per heavy atom. The Labute approximate surface area is 103 Å². The van der Waals surface area contributed by atoms with E-state index in [4.69, 9.17) is 10.9 Å². The number of piperidine rings is 1. The van der Waals surface area contributed by atoms with E-state index in [1.807, 2.05) is 13.8 Å². The van der Waals surface area contributed by atoms with Gasteiger partial charge in [0, 0.05) is 18.5 Å². The molecule has 0 aromatic carbocycles. The number of sulfonamides is 1. The number of hydrogen-bond donors (Lipinski definition) is 2. The van der Waals surface area contributed by atoms with Gasteiger partial charge in [-0.3, -0.25) is 0 Å². The highest BCUT2D eigenvalue weighted by atomic mass is 32.2. The second-order valence-corrected chi connectivity index (χ2v) is 6.85. The van der Waals surface area contributed by atoms with Crippen molar-refractivity contribution < 1.29 is 13.6 Å². The molecule has 3 N–H and O–H groups in total. The van der Waals surface area contributed by atoms with Crippen LogP contribution < -0.4 is 5.73 Å². The molecule has 0 unspecified atom stereocenters. The van der Waals surface area contributed by atoms with Crippen molar-refractivity contribution in [2.45, 2.75) is 33.1 Å². The molecule has 0 aromatic rings. The number of nitrogens with two attached hydrogens (primary N) is 1. The standard InChI is InChI=1S/C10H21N3O3S/c1-3-8-17(15,16)13-6-4-10(2,5-7-13)9(11)12-14/h14H,3-8H2,1-2H3,(H2,11,12). The fourth-order valence-electron chi connectivity index (χ4n) is 2.02. The van der Waals surface area contributed by atoms with E-state index in [-0.39, 0.29) is 11.6 Å². The van der Waals surface area contributed by atoms with Crippen molar-refractivity contribution in [1.82, 2.24) is 4.31 Å². The van der Waals surface area contributed by atoms with Gasteiger partial charge in [0.05, 0.1) is 5.75 Å². The molecule has 0 aliphatic carbocycles. The van der Waals surface area contributed by atoms with E-state index in [2.05, 4.69) is 5.16 Å². The molecule has 1 aliphatic heterocycles. The van der Waals surface area contributed by atoms with Crippen LogP contribution in [0.25, 0.3) is 0 Å². The second-order valence-electron chi connectivity index (χ2n) is 4.76. The van der Waals surface area contributed by atoms with Crippen molar-refractivity contribution in [2.24, 2.45) is 16.3 Å². The van der Waals surface area contributed by atoms with Crippen LogP contribution in [-0.2, 0) is 10.0 Å². The molecule has 100 valence electrons. The maximum absolute atomic E-state index is 11.9. The third-order valence-corrected chi connectivity index (χ3v) is 5.48. The van der Waals surface area contributed by atoms with Crippen LogP contribution in [0.1, 0.15) is 33.1 Å². The highest BCUT2D eigenvalue weighted by molar-refractivity contribution is 7.89. The molecule has 1 aliphatic rings. The summed E-state index contributed by atoms with van der Waals surface area (Å²) in [6, 6.07) is 0. The van der Waals surface area contributed by atoms with E-state index < -0.39 is 15.4 Å². The van der Waals surface area contributed by atoms with Crippen LogP contribution in [0.3, 0.4) is 0 Å². The minimum Gasteiger partial charge on any atom is -0.409 e. The molecular weight excluding hydrogens is 242 g/mol. The van der Waals surface area contributed by atoms with E-state index in [1.165, 1.54) is 4.31 Å². The van der Waals surface area contributed by atoms with Gasteiger partial charge in [0.2, 0.25) is 10.0 Å². The van der Waals surface area contributed by atoms with Crippen molar-refractivity contribution in [1.29, 1.82) is 0 Å². The molecule has 0 aromatic heterocycles. The lowest BCUT2D eigenvalue weighted by Crippen LogP contribution is -2.47. The van der Waals surface area contributed by atoms with Gasteiger partial charge in [-0.1, -0.05) is 19.0 Å². The van der Waals surface area contributed by atoms with Crippen LogP contribution in [0.2, 0.25) is 0 Å². The summed E-state index contributed by atoms with van der Waals surface area (Å²) in [5.41, 5.74) is 5.23. The summed E-state index contributed by atoms with van der Waals surface area (Å²) in [6.45, 7) is 4.62. The molecule has 0 spiro atoms. The maximum Gasteiger partial charge on any atom is 0.214 e. The van der Waals surface area contributed by atoms with Gasteiger partial charge in [-0.2, -0.15) is 0 Å². The number of hydrogen-bond acceptors (Lipinski definition) is 4. The molecule has 1 rings (SSSR count). The van der Waals surface area contributed by atoms with Crippen LogP contribution in [0.15, 0.2) is 5.16 Å². The van der Waals surface area contributed by atoms with Gasteiger partial charge in [0.15, 0.2) is 0 Å². The van der Waals surface area contributed by atoms with Gasteiger partial charge in [0.25, 0.3) is 0 Å². The molecular formula is C10H21N3O3S. The van der Waals surface area contributed by atoms with E-state index in [1.54, 1.807) is 0 Å². The van der Waals surface area contributed by atoms with Crippen LogP contribution in [0, 0.1) is 5.41 Å². The molecule has 6 nitrogen and oxygen atoms in total. The average molecular weight is 263 g/mol. The molecule has 1 saturated heterocycles. The Morgan fingerprint density at radius 2 is 2.00 bits per heavy atom. The summed E-state index contributed by atoms with van der Waals surface area (Å²) < 4.78 is 25.2. The number of oxime groups is 1. The topological polar surface area (TPSA) is 96.0 Å². The summed E-state index contributed by atoms with van der Waals surface area (Å²) >= 11 is 0. The largest absolute Gasteiger partial charge is 0.409 e. The zero-order valence-electron chi connectivity index (χ0n) is 10.4. The predicted octanol–water partition coefficient (Wildman–Crippen LogP) is 0.575. The Bertz CT molecular complexity index is 384. The summed E-state index contributed by atoms with van der Waals surface area (Å²) in [4.78, 5) is 0. The highest BCUT2D eigenvalue weighted by Gasteiger charge is 2.37. The van der Waals surface area contributed by atoms with Crippen LogP contribution in [-0.4, -0.2) is 42.6 Å². The normalized spacial score (nSPS) is 22.6. The van der Waals surface area contributed by atoms with E-state index >= 15 is 0 Å². The van der Waals surface area contributed by atoms with Gasteiger partial charge in [-0.05, 0) is 19.3 Å². The molecule has 0 saturated carbocycles. The first-order chi connectivity index (χ1) is 7.85. The number of rotatable bonds is 4. The van der Waals surface area contributed by atoms with Gasteiger partial charge in [0.1, 0.15) is 5.84 Å². The first-order valence-electron chi connectivity index (χ1n) is 5.81. The number of amidine groups is 1. The predicted molar refractivity (Wildman–Crippen MR) is 66.4 cm³/mol. The van der Waals surface area contributed by atoms with Gasteiger partial charge in [-0.25, -0.2) is 12.7 Å². The van der Waals surface area contributed by atoms with Crippen molar-refractivity contribution in [3.05, 3.63) is 0 Å². The fraction of sp³-hybridized carbons (Fsp3) is 0.900. The smallest absolute Gasteiger partial charge is 0.214 e. The summed E-state index contributed by atoms with van der Waals surface area (Å²) in [6.07, 6.45) is 1.80. The van der Waals surface area contributed by atoms with Crippen LogP contribution in [0.4, 0.5) is 0 Å². The summed E-state index contributed by atoms with van der Waals surface area (Å²) in [7, 11) is -3.13. The Hall–Kier alpha value is -0.820. The Morgan fingerprint density at radius 1 is 1.47 bits per heavy atom.